The lowest BCUT2D eigenvalue weighted by Gasteiger charge is -2.12. The molecular formula is C14H22ClNO3S. The van der Waals surface area contributed by atoms with Crippen LogP contribution in [0.4, 0.5) is 0 Å². The van der Waals surface area contributed by atoms with Crippen LogP contribution in [0.25, 0.3) is 0 Å². The number of halogens is 1. The summed E-state index contributed by atoms with van der Waals surface area (Å²) in [6, 6.07) is 3.00. The number of aliphatic hydroxyl groups is 1. The molecule has 0 atom stereocenters. The summed E-state index contributed by atoms with van der Waals surface area (Å²) in [5, 5.41) is 9.54. The fraction of sp³-hybridized carbons (Fsp3) is 0.571. The Morgan fingerprint density at radius 1 is 1.25 bits per heavy atom. The second-order valence-corrected chi connectivity index (χ2v) is 6.98. The standard InChI is InChI=1S/C14H22ClNO3S/c1-3-4-5-6-7-16-20(18,19)14-9-13(15)8-12(10-17)11(14)2/h8-9,16-17H,3-7,10H2,1-2H3. The molecule has 0 aromatic heterocycles. The predicted octanol–water partition coefficient (Wildman–Crippen LogP) is 3.00. The fourth-order valence-corrected chi connectivity index (χ4v) is 3.68. The molecule has 6 heteroatoms. The molecule has 0 unspecified atom stereocenters. The van der Waals surface area contributed by atoms with Crippen molar-refractivity contribution in [2.75, 3.05) is 6.54 Å². The molecule has 0 fully saturated rings. The Morgan fingerprint density at radius 3 is 2.55 bits per heavy atom. The van der Waals surface area contributed by atoms with Gasteiger partial charge < -0.3 is 5.11 Å². The number of nitrogens with one attached hydrogen (secondary N) is 1. The molecule has 0 saturated carbocycles. The lowest BCUT2D eigenvalue weighted by molar-refractivity contribution is 0.280. The maximum atomic E-state index is 12.3. The van der Waals surface area contributed by atoms with Crippen LogP contribution in [-0.4, -0.2) is 20.1 Å². The van der Waals surface area contributed by atoms with E-state index in [1.807, 2.05) is 0 Å². The van der Waals surface area contributed by atoms with Gasteiger partial charge in [0.1, 0.15) is 0 Å². The van der Waals surface area contributed by atoms with Crippen molar-refractivity contribution < 1.29 is 13.5 Å². The average Bonchev–Trinajstić information content (AvgIpc) is 2.40. The van der Waals surface area contributed by atoms with Gasteiger partial charge in [-0.2, -0.15) is 0 Å². The Hall–Kier alpha value is -0.620. The number of benzene rings is 1. The molecule has 2 N–H and O–H groups in total. The van der Waals surface area contributed by atoms with Gasteiger partial charge in [-0.15, -0.1) is 0 Å². The van der Waals surface area contributed by atoms with Crippen LogP contribution in [0.1, 0.15) is 43.7 Å². The molecular weight excluding hydrogens is 298 g/mol. The van der Waals surface area contributed by atoms with E-state index in [0.29, 0.717) is 22.7 Å². The predicted molar refractivity (Wildman–Crippen MR) is 81.4 cm³/mol. The van der Waals surface area contributed by atoms with Crippen molar-refractivity contribution in [2.45, 2.75) is 51.0 Å². The van der Waals surface area contributed by atoms with E-state index < -0.39 is 10.0 Å². The third kappa shape index (κ3) is 4.74. The minimum absolute atomic E-state index is 0.143. The third-order valence-corrected chi connectivity index (χ3v) is 5.02. The first kappa shape index (κ1) is 17.4. The summed E-state index contributed by atoms with van der Waals surface area (Å²) in [5.41, 5.74) is 1.07. The first-order chi connectivity index (χ1) is 9.42. The maximum Gasteiger partial charge on any atom is 0.240 e. The van der Waals surface area contributed by atoms with Gasteiger partial charge in [0.25, 0.3) is 0 Å². The Labute approximate surface area is 126 Å². The topological polar surface area (TPSA) is 66.4 Å². The number of sulfonamides is 1. The highest BCUT2D eigenvalue weighted by Crippen LogP contribution is 2.24. The van der Waals surface area contributed by atoms with Crippen LogP contribution in [0.3, 0.4) is 0 Å². The van der Waals surface area contributed by atoms with Gasteiger partial charge in [0.2, 0.25) is 10.0 Å². The van der Waals surface area contributed by atoms with E-state index in [-0.39, 0.29) is 11.5 Å². The molecule has 0 heterocycles. The highest BCUT2D eigenvalue weighted by atomic mass is 35.5. The lowest BCUT2D eigenvalue weighted by atomic mass is 10.1. The lowest BCUT2D eigenvalue weighted by Crippen LogP contribution is -2.25. The van der Waals surface area contributed by atoms with E-state index >= 15 is 0 Å². The van der Waals surface area contributed by atoms with E-state index in [1.54, 1.807) is 13.0 Å². The number of unbranched alkanes of at least 4 members (excludes halogenated alkanes) is 3. The zero-order chi connectivity index (χ0) is 15.2. The zero-order valence-electron chi connectivity index (χ0n) is 11.9. The van der Waals surface area contributed by atoms with Crippen LogP contribution >= 0.6 is 11.6 Å². The molecule has 0 aliphatic rings. The average molecular weight is 320 g/mol. The van der Waals surface area contributed by atoms with Crippen LogP contribution in [0, 0.1) is 6.92 Å². The summed E-state index contributed by atoms with van der Waals surface area (Å²) in [7, 11) is -3.58. The van der Waals surface area contributed by atoms with Gasteiger partial charge in [-0.1, -0.05) is 37.8 Å². The Balaban J connectivity index is 2.84. The number of hydrogen-bond acceptors (Lipinski definition) is 3. The second-order valence-electron chi connectivity index (χ2n) is 4.80. The van der Waals surface area contributed by atoms with E-state index in [4.69, 9.17) is 11.6 Å². The second kappa shape index (κ2) is 7.98. The van der Waals surface area contributed by atoms with E-state index in [2.05, 4.69) is 11.6 Å². The Morgan fingerprint density at radius 2 is 1.95 bits per heavy atom. The molecule has 0 saturated heterocycles. The Bertz CT molecular complexity index is 544. The van der Waals surface area contributed by atoms with Crippen molar-refractivity contribution >= 4 is 21.6 Å². The largest absolute Gasteiger partial charge is 0.392 e. The van der Waals surface area contributed by atoms with Crippen LogP contribution in [0.5, 0.6) is 0 Å². The first-order valence-electron chi connectivity index (χ1n) is 6.82. The van der Waals surface area contributed by atoms with Crippen molar-refractivity contribution in [1.82, 2.24) is 4.72 Å². The summed E-state index contributed by atoms with van der Waals surface area (Å²) < 4.78 is 27.1. The molecule has 0 radical (unpaired) electrons. The molecule has 0 spiro atoms. The number of hydrogen-bond donors (Lipinski definition) is 2. The summed E-state index contributed by atoms with van der Waals surface area (Å²) >= 11 is 5.91. The van der Waals surface area contributed by atoms with Crippen LogP contribution in [-0.2, 0) is 16.6 Å². The quantitative estimate of drug-likeness (QED) is 0.724. The molecule has 1 aromatic carbocycles. The Kier molecular flexibility index (Phi) is 6.95. The SMILES string of the molecule is CCCCCCNS(=O)(=O)c1cc(Cl)cc(CO)c1C. The van der Waals surface area contributed by atoms with Gasteiger partial charge in [-0.3, -0.25) is 0 Å². The molecule has 1 aromatic rings. The van der Waals surface area contributed by atoms with E-state index in [1.165, 1.54) is 6.07 Å². The molecule has 0 bridgehead atoms. The monoisotopic (exact) mass is 319 g/mol. The van der Waals surface area contributed by atoms with Crippen LogP contribution in [0.2, 0.25) is 5.02 Å². The minimum atomic E-state index is -3.58. The van der Waals surface area contributed by atoms with Crippen molar-refractivity contribution in [3.8, 4) is 0 Å². The normalized spacial score (nSPS) is 11.8. The molecule has 4 nitrogen and oxygen atoms in total. The molecule has 0 aliphatic carbocycles. The summed E-state index contributed by atoms with van der Waals surface area (Å²) in [6.07, 6.45) is 4.04. The molecule has 0 amide bonds. The van der Waals surface area contributed by atoms with Gasteiger partial charge in [0.05, 0.1) is 11.5 Å². The van der Waals surface area contributed by atoms with Gasteiger partial charge >= 0.3 is 0 Å². The summed E-state index contributed by atoms with van der Waals surface area (Å²) in [5.74, 6) is 0. The maximum absolute atomic E-state index is 12.3. The van der Waals surface area contributed by atoms with E-state index in [9.17, 15) is 13.5 Å². The highest BCUT2D eigenvalue weighted by Gasteiger charge is 2.19. The highest BCUT2D eigenvalue weighted by molar-refractivity contribution is 7.89. The molecule has 1 rings (SSSR count). The van der Waals surface area contributed by atoms with Gasteiger partial charge in [-0.05, 0) is 36.6 Å². The van der Waals surface area contributed by atoms with Crippen molar-refractivity contribution in [1.29, 1.82) is 0 Å². The van der Waals surface area contributed by atoms with Crippen molar-refractivity contribution in [3.63, 3.8) is 0 Å². The van der Waals surface area contributed by atoms with Gasteiger partial charge in [0.15, 0.2) is 0 Å². The molecule has 20 heavy (non-hydrogen) atoms. The first-order valence-corrected chi connectivity index (χ1v) is 8.68. The van der Waals surface area contributed by atoms with Gasteiger partial charge in [0, 0.05) is 11.6 Å². The minimum Gasteiger partial charge on any atom is -0.392 e. The van der Waals surface area contributed by atoms with Crippen molar-refractivity contribution in [3.05, 3.63) is 28.3 Å². The smallest absolute Gasteiger partial charge is 0.240 e. The van der Waals surface area contributed by atoms with E-state index in [0.717, 1.165) is 25.7 Å². The number of rotatable bonds is 8. The zero-order valence-corrected chi connectivity index (χ0v) is 13.5. The van der Waals surface area contributed by atoms with Crippen molar-refractivity contribution in [2.24, 2.45) is 0 Å². The third-order valence-electron chi connectivity index (χ3n) is 3.21. The van der Waals surface area contributed by atoms with Gasteiger partial charge in [-0.25, -0.2) is 13.1 Å². The molecule has 114 valence electrons. The summed E-state index contributed by atoms with van der Waals surface area (Å²) in [6.45, 7) is 3.97. The van der Waals surface area contributed by atoms with Crippen LogP contribution in [0.15, 0.2) is 17.0 Å². The fourth-order valence-electron chi connectivity index (χ4n) is 1.99. The molecule has 0 aliphatic heterocycles. The number of aliphatic hydroxyl groups excluding tert-OH is 1. The van der Waals surface area contributed by atoms with Crippen LogP contribution < -0.4 is 4.72 Å². The summed E-state index contributed by atoms with van der Waals surface area (Å²) in [4.78, 5) is 0.143.